The number of imidazole rings is 1. The molecule has 0 radical (unpaired) electrons. The van der Waals surface area contributed by atoms with Gasteiger partial charge < -0.3 is 20.1 Å². The summed E-state index contributed by atoms with van der Waals surface area (Å²) in [6.45, 7) is 5.51. The lowest BCUT2D eigenvalue weighted by atomic mass is 10.1. The van der Waals surface area contributed by atoms with Crippen molar-refractivity contribution >= 4 is 28.4 Å². The second kappa shape index (κ2) is 5.84. The normalized spacial score (nSPS) is 17.0. The van der Waals surface area contributed by atoms with Gasteiger partial charge in [0.2, 0.25) is 5.95 Å². The van der Waals surface area contributed by atoms with Crippen LogP contribution in [0, 0.1) is 0 Å². The molecule has 8 heteroatoms. The van der Waals surface area contributed by atoms with Crippen LogP contribution in [0.3, 0.4) is 0 Å². The van der Waals surface area contributed by atoms with E-state index in [0.717, 1.165) is 5.39 Å². The molecule has 1 amide bonds. The summed E-state index contributed by atoms with van der Waals surface area (Å²) in [5.74, 6) is 0.730. The van der Waals surface area contributed by atoms with E-state index in [2.05, 4.69) is 9.97 Å². The summed E-state index contributed by atoms with van der Waals surface area (Å²) in [6.07, 6.45) is 1.64. The third-order valence-electron chi connectivity index (χ3n) is 4.57. The Kier molecular flexibility index (Phi) is 3.73. The van der Waals surface area contributed by atoms with E-state index in [9.17, 15) is 4.79 Å². The molecule has 0 spiro atoms. The molecule has 136 valence electrons. The van der Waals surface area contributed by atoms with Gasteiger partial charge in [0.25, 0.3) is 5.91 Å². The number of hydrogen-bond acceptors (Lipinski definition) is 6. The molecule has 1 aliphatic heterocycles. The number of aromatic nitrogens is 3. The molecule has 0 unspecified atom stereocenters. The zero-order valence-corrected chi connectivity index (χ0v) is 15.0. The molecule has 3 heterocycles. The molecule has 1 saturated heterocycles. The Hall–Kier alpha value is -2.87. The molecule has 3 aromatic rings. The van der Waals surface area contributed by atoms with Crippen molar-refractivity contribution in [2.45, 2.75) is 19.4 Å². The van der Waals surface area contributed by atoms with Crippen LogP contribution in [-0.2, 0) is 4.74 Å². The average Bonchev–Trinajstić information content (AvgIpc) is 3.06. The summed E-state index contributed by atoms with van der Waals surface area (Å²) >= 11 is 0. The highest BCUT2D eigenvalue weighted by molar-refractivity contribution is 5.99. The van der Waals surface area contributed by atoms with E-state index in [1.807, 2.05) is 32.0 Å². The number of fused-ring (bicyclic) bond motifs is 3. The van der Waals surface area contributed by atoms with Crippen LogP contribution >= 0.6 is 0 Å². The van der Waals surface area contributed by atoms with Gasteiger partial charge in [-0.2, -0.15) is 0 Å². The number of nitrogens with two attached hydrogens (primary N) is 1. The Bertz CT molecular complexity index is 1010. The molecule has 2 aromatic heterocycles. The smallest absolute Gasteiger partial charge is 0.274 e. The highest BCUT2D eigenvalue weighted by Gasteiger charge is 2.31. The molecular formula is C18H21N5O3. The number of benzene rings is 1. The van der Waals surface area contributed by atoms with Crippen molar-refractivity contribution in [1.82, 2.24) is 19.3 Å². The second-order valence-corrected chi connectivity index (χ2v) is 6.98. The number of nitrogen functional groups attached to an aromatic ring is 1. The molecule has 0 atom stereocenters. The van der Waals surface area contributed by atoms with Crippen molar-refractivity contribution in [3.63, 3.8) is 0 Å². The van der Waals surface area contributed by atoms with Crippen molar-refractivity contribution in [2.24, 2.45) is 0 Å². The fraction of sp³-hybridized carbons (Fsp3) is 0.389. The minimum atomic E-state index is -0.367. The summed E-state index contributed by atoms with van der Waals surface area (Å²) < 4.78 is 12.7. The summed E-state index contributed by atoms with van der Waals surface area (Å²) in [5, 5.41) is 0.778. The third kappa shape index (κ3) is 2.62. The first-order valence-electron chi connectivity index (χ1n) is 8.44. The Labute approximate surface area is 150 Å². The second-order valence-electron chi connectivity index (χ2n) is 6.98. The van der Waals surface area contributed by atoms with E-state index in [4.69, 9.17) is 15.2 Å². The maximum atomic E-state index is 12.9. The molecule has 0 aliphatic carbocycles. The highest BCUT2D eigenvalue weighted by Crippen LogP contribution is 2.28. The lowest BCUT2D eigenvalue weighted by Gasteiger charge is -2.37. The standard InChI is InChI=1S/C18H21N5O3/c1-18(2)10-22(7-8-26-18)16(24)12-9-23-15(20-12)11-5-4-6-13(25-3)14(11)21-17(23)19/h4-6,9H,7-8,10H2,1-3H3,(H2,19,21). The van der Waals surface area contributed by atoms with Crippen molar-refractivity contribution in [1.29, 1.82) is 0 Å². The van der Waals surface area contributed by atoms with Crippen molar-refractivity contribution < 1.29 is 14.3 Å². The molecule has 1 aliphatic rings. The van der Waals surface area contributed by atoms with Gasteiger partial charge in [-0.3, -0.25) is 9.20 Å². The van der Waals surface area contributed by atoms with E-state index in [1.54, 1.807) is 22.6 Å². The summed E-state index contributed by atoms with van der Waals surface area (Å²) in [7, 11) is 1.58. The molecule has 2 N–H and O–H groups in total. The maximum absolute atomic E-state index is 12.9. The number of hydrogen-bond donors (Lipinski definition) is 1. The zero-order valence-electron chi connectivity index (χ0n) is 15.0. The lowest BCUT2D eigenvalue weighted by Crippen LogP contribution is -2.50. The minimum Gasteiger partial charge on any atom is -0.494 e. The predicted octanol–water partition coefficient (Wildman–Crippen LogP) is 1.72. The van der Waals surface area contributed by atoms with Crippen LogP contribution < -0.4 is 10.5 Å². The fourth-order valence-corrected chi connectivity index (χ4v) is 3.35. The van der Waals surface area contributed by atoms with E-state index >= 15 is 0 Å². The topological polar surface area (TPSA) is 95.0 Å². The van der Waals surface area contributed by atoms with Gasteiger partial charge in [-0.1, -0.05) is 6.07 Å². The monoisotopic (exact) mass is 355 g/mol. The number of anilines is 1. The number of carbonyl (C=O) groups is 1. The van der Waals surface area contributed by atoms with Gasteiger partial charge in [-0.05, 0) is 26.0 Å². The van der Waals surface area contributed by atoms with Crippen molar-refractivity contribution in [2.75, 3.05) is 32.5 Å². The van der Waals surface area contributed by atoms with Gasteiger partial charge in [0.05, 0.1) is 19.3 Å². The SMILES string of the molecule is COc1cccc2c1nc(N)n1cc(C(=O)N3CCOC(C)(C)C3)nc21. The van der Waals surface area contributed by atoms with E-state index in [0.29, 0.717) is 42.3 Å². The first-order chi connectivity index (χ1) is 12.4. The van der Waals surface area contributed by atoms with Gasteiger partial charge in [-0.15, -0.1) is 0 Å². The first kappa shape index (κ1) is 16.6. The van der Waals surface area contributed by atoms with Crippen molar-refractivity contribution in [3.8, 4) is 5.75 Å². The largest absolute Gasteiger partial charge is 0.494 e. The number of para-hydroxylation sites is 1. The predicted molar refractivity (Wildman–Crippen MR) is 97.4 cm³/mol. The van der Waals surface area contributed by atoms with Crippen LogP contribution in [0.2, 0.25) is 0 Å². The number of rotatable bonds is 2. The molecule has 0 saturated carbocycles. The van der Waals surface area contributed by atoms with Crippen LogP contribution in [0.15, 0.2) is 24.4 Å². The lowest BCUT2D eigenvalue weighted by molar-refractivity contribution is -0.0764. The number of carbonyl (C=O) groups excluding carboxylic acids is 1. The number of morpholine rings is 1. The molecule has 8 nitrogen and oxygen atoms in total. The van der Waals surface area contributed by atoms with Gasteiger partial charge in [-0.25, -0.2) is 9.97 Å². The van der Waals surface area contributed by atoms with Crippen LogP contribution in [-0.4, -0.2) is 57.6 Å². The van der Waals surface area contributed by atoms with Crippen LogP contribution in [0.5, 0.6) is 5.75 Å². The fourth-order valence-electron chi connectivity index (χ4n) is 3.35. The Balaban J connectivity index is 1.81. The van der Waals surface area contributed by atoms with Crippen molar-refractivity contribution in [3.05, 3.63) is 30.1 Å². The summed E-state index contributed by atoms with van der Waals surface area (Å²) in [5.41, 5.74) is 7.27. The maximum Gasteiger partial charge on any atom is 0.274 e. The van der Waals surface area contributed by atoms with E-state index in [1.165, 1.54) is 0 Å². The molecular weight excluding hydrogens is 334 g/mol. The van der Waals surface area contributed by atoms with E-state index in [-0.39, 0.29) is 17.5 Å². The number of methoxy groups -OCH3 is 1. The number of nitrogens with zero attached hydrogens (tertiary/aromatic N) is 4. The van der Waals surface area contributed by atoms with Gasteiger partial charge >= 0.3 is 0 Å². The third-order valence-corrected chi connectivity index (χ3v) is 4.57. The quantitative estimate of drug-likeness (QED) is 0.752. The molecule has 1 fully saturated rings. The zero-order chi connectivity index (χ0) is 18.5. The Morgan fingerprint density at radius 3 is 2.88 bits per heavy atom. The molecule has 1 aromatic carbocycles. The molecule has 4 rings (SSSR count). The number of ether oxygens (including phenoxy) is 2. The van der Waals surface area contributed by atoms with Gasteiger partial charge in [0.15, 0.2) is 0 Å². The van der Waals surface area contributed by atoms with Crippen LogP contribution in [0.25, 0.3) is 16.6 Å². The summed E-state index contributed by atoms with van der Waals surface area (Å²) in [4.78, 5) is 23.7. The van der Waals surface area contributed by atoms with Crippen LogP contribution in [0.4, 0.5) is 5.95 Å². The Morgan fingerprint density at radius 2 is 2.15 bits per heavy atom. The molecule has 0 bridgehead atoms. The Morgan fingerprint density at radius 1 is 1.35 bits per heavy atom. The van der Waals surface area contributed by atoms with Crippen LogP contribution in [0.1, 0.15) is 24.3 Å². The average molecular weight is 355 g/mol. The number of amides is 1. The first-order valence-corrected chi connectivity index (χ1v) is 8.44. The summed E-state index contributed by atoms with van der Waals surface area (Å²) in [6, 6.07) is 5.56. The van der Waals surface area contributed by atoms with E-state index < -0.39 is 0 Å². The highest BCUT2D eigenvalue weighted by atomic mass is 16.5. The minimum absolute atomic E-state index is 0.138. The van der Waals surface area contributed by atoms with Gasteiger partial charge in [0, 0.05) is 24.7 Å². The molecule has 26 heavy (non-hydrogen) atoms. The van der Waals surface area contributed by atoms with Gasteiger partial charge in [0.1, 0.15) is 22.6 Å².